The second kappa shape index (κ2) is 7.33. The average Bonchev–Trinajstić information content (AvgIpc) is 3.45. The molecule has 29 heavy (non-hydrogen) atoms. The van der Waals surface area contributed by atoms with Crippen LogP contribution < -0.4 is 0 Å². The molecule has 4 aromatic rings. The highest BCUT2D eigenvalue weighted by atomic mass is 32.2. The Hall–Kier alpha value is -2.62. The minimum atomic E-state index is -3.68. The molecule has 148 valence electrons. The van der Waals surface area contributed by atoms with Crippen LogP contribution in [0.25, 0.3) is 21.7 Å². The first kappa shape index (κ1) is 18.4. The largest absolute Gasteiger partial charge is 0.420 e. The molecule has 3 aromatic heterocycles. The summed E-state index contributed by atoms with van der Waals surface area (Å²) >= 11 is 1.53. The molecule has 1 aromatic carbocycles. The number of benzene rings is 1. The van der Waals surface area contributed by atoms with Gasteiger partial charge in [-0.15, -0.1) is 21.5 Å². The molecule has 0 saturated carbocycles. The Kier molecular flexibility index (Phi) is 4.65. The van der Waals surface area contributed by atoms with E-state index in [9.17, 15) is 8.42 Å². The van der Waals surface area contributed by atoms with E-state index in [1.54, 1.807) is 24.4 Å². The van der Waals surface area contributed by atoms with Crippen LogP contribution in [0.5, 0.6) is 0 Å². The number of hydrogen-bond donors (Lipinski definition) is 0. The van der Waals surface area contributed by atoms with Crippen LogP contribution in [0.3, 0.4) is 0 Å². The first-order chi connectivity index (χ1) is 14.1. The van der Waals surface area contributed by atoms with Crippen molar-refractivity contribution >= 4 is 32.3 Å². The molecule has 0 amide bonds. The van der Waals surface area contributed by atoms with Gasteiger partial charge in [0.25, 0.3) is 5.89 Å². The molecule has 1 atom stereocenters. The summed E-state index contributed by atoms with van der Waals surface area (Å²) < 4.78 is 34.2. The minimum Gasteiger partial charge on any atom is -0.420 e. The van der Waals surface area contributed by atoms with Crippen molar-refractivity contribution in [1.82, 2.24) is 19.5 Å². The van der Waals surface area contributed by atoms with E-state index >= 15 is 0 Å². The molecule has 1 aliphatic heterocycles. The zero-order valence-corrected chi connectivity index (χ0v) is 17.1. The highest BCUT2D eigenvalue weighted by Gasteiger charge is 2.34. The maximum Gasteiger partial charge on any atom is 0.257 e. The maximum absolute atomic E-state index is 13.4. The Bertz CT molecular complexity index is 1250. The van der Waals surface area contributed by atoms with Gasteiger partial charge >= 0.3 is 0 Å². The van der Waals surface area contributed by atoms with Gasteiger partial charge in [-0.25, -0.2) is 8.42 Å². The third-order valence-corrected chi connectivity index (χ3v) is 7.87. The molecule has 9 heteroatoms. The van der Waals surface area contributed by atoms with Gasteiger partial charge in [0.05, 0.1) is 16.3 Å². The van der Waals surface area contributed by atoms with Crippen molar-refractivity contribution in [2.24, 2.45) is 0 Å². The summed E-state index contributed by atoms with van der Waals surface area (Å²) in [6, 6.07) is 12.8. The lowest BCUT2D eigenvalue weighted by atomic mass is 10.00. The Morgan fingerprint density at radius 2 is 2.00 bits per heavy atom. The molecule has 0 N–H and O–H groups in total. The monoisotopic (exact) mass is 426 g/mol. The normalized spacial score (nSPS) is 18.3. The molecule has 1 unspecified atom stereocenters. The Morgan fingerprint density at radius 1 is 1.10 bits per heavy atom. The minimum absolute atomic E-state index is 0.123. The molecule has 1 aliphatic rings. The third kappa shape index (κ3) is 3.35. The quantitative estimate of drug-likeness (QED) is 0.491. The van der Waals surface area contributed by atoms with E-state index in [0.29, 0.717) is 30.4 Å². The van der Waals surface area contributed by atoms with Gasteiger partial charge in [-0.05, 0) is 36.4 Å². The van der Waals surface area contributed by atoms with Crippen molar-refractivity contribution in [1.29, 1.82) is 0 Å². The number of thiophene rings is 1. The molecule has 7 nitrogen and oxygen atoms in total. The molecule has 0 aliphatic carbocycles. The van der Waals surface area contributed by atoms with Gasteiger partial charge < -0.3 is 4.42 Å². The lowest BCUT2D eigenvalue weighted by Gasteiger charge is -2.30. The second-order valence-corrected chi connectivity index (χ2v) is 9.81. The maximum atomic E-state index is 13.4. The summed E-state index contributed by atoms with van der Waals surface area (Å²) in [4.78, 5) is 5.45. The average molecular weight is 427 g/mol. The van der Waals surface area contributed by atoms with Gasteiger partial charge in [0, 0.05) is 24.7 Å². The van der Waals surface area contributed by atoms with Crippen molar-refractivity contribution in [2.75, 3.05) is 13.1 Å². The molecule has 0 bridgehead atoms. The van der Waals surface area contributed by atoms with Crippen molar-refractivity contribution in [2.45, 2.75) is 23.7 Å². The van der Waals surface area contributed by atoms with Crippen LogP contribution in [-0.2, 0) is 10.0 Å². The number of rotatable bonds is 4. The van der Waals surface area contributed by atoms with Gasteiger partial charge in [-0.3, -0.25) is 4.98 Å². The summed E-state index contributed by atoms with van der Waals surface area (Å²) in [5.74, 6) is 0.847. The molecular weight excluding hydrogens is 408 g/mol. The lowest BCUT2D eigenvalue weighted by molar-refractivity contribution is 0.286. The summed E-state index contributed by atoms with van der Waals surface area (Å²) in [7, 11) is -3.68. The fourth-order valence-electron chi connectivity index (χ4n) is 3.69. The number of pyridine rings is 1. The van der Waals surface area contributed by atoms with Gasteiger partial charge in [-0.1, -0.05) is 24.3 Å². The first-order valence-corrected chi connectivity index (χ1v) is 11.7. The zero-order valence-electron chi connectivity index (χ0n) is 15.4. The third-order valence-electron chi connectivity index (χ3n) is 5.12. The standard InChI is InChI=1S/C20H18N4O3S2/c25-29(26,17-9-1-5-14-6-2-10-21-18(14)17)24-11-3-7-15(13-24)19-22-23-20(27-19)16-8-4-12-28-16/h1-2,4-6,8-10,12,15H,3,7,11,13H2. The van der Waals surface area contributed by atoms with Crippen molar-refractivity contribution < 1.29 is 12.8 Å². The summed E-state index contributed by atoms with van der Waals surface area (Å²) in [5, 5.41) is 11.1. The number of piperidine rings is 1. The van der Waals surface area contributed by atoms with Crippen molar-refractivity contribution in [3.63, 3.8) is 0 Å². The predicted octanol–water partition coefficient (Wildman–Crippen LogP) is 3.91. The first-order valence-electron chi connectivity index (χ1n) is 9.34. The summed E-state index contributed by atoms with van der Waals surface area (Å²) in [6.07, 6.45) is 3.16. The van der Waals surface area contributed by atoms with Crippen molar-refractivity contribution in [3.8, 4) is 10.8 Å². The van der Waals surface area contributed by atoms with Crippen LogP contribution >= 0.6 is 11.3 Å². The van der Waals surface area contributed by atoms with E-state index in [0.717, 1.165) is 23.1 Å². The van der Waals surface area contributed by atoms with Gasteiger partial charge in [-0.2, -0.15) is 4.31 Å². The Labute approximate surface area is 172 Å². The highest BCUT2D eigenvalue weighted by molar-refractivity contribution is 7.89. The summed E-state index contributed by atoms with van der Waals surface area (Å²) in [5.41, 5.74) is 0.495. The van der Waals surface area contributed by atoms with Gasteiger partial charge in [0.2, 0.25) is 15.9 Å². The van der Waals surface area contributed by atoms with Gasteiger partial charge in [0.1, 0.15) is 4.90 Å². The van der Waals surface area contributed by atoms with Gasteiger partial charge in [0.15, 0.2) is 0 Å². The fourth-order valence-corrected chi connectivity index (χ4v) is 6.02. The van der Waals surface area contributed by atoms with Crippen LogP contribution in [0, 0.1) is 0 Å². The molecule has 0 radical (unpaired) electrons. The molecule has 0 spiro atoms. The summed E-state index contributed by atoms with van der Waals surface area (Å²) in [6.45, 7) is 0.783. The highest BCUT2D eigenvalue weighted by Crippen LogP contribution is 2.33. The molecule has 4 heterocycles. The van der Waals surface area contributed by atoms with Crippen LogP contribution in [-0.4, -0.2) is 41.0 Å². The van der Waals surface area contributed by atoms with Crippen LogP contribution in [0.4, 0.5) is 0 Å². The van der Waals surface area contributed by atoms with Crippen molar-refractivity contribution in [3.05, 3.63) is 59.9 Å². The number of nitrogens with zero attached hydrogens (tertiary/aromatic N) is 4. The fraction of sp³-hybridized carbons (Fsp3) is 0.250. The number of para-hydroxylation sites is 1. The van der Waals surface area contributed by atoms with E-state index in [1.165, 1.54) is 15.6 Å². The molecule has 1 fully saturated rings. The molecule has 5 rings (SSSR count). The van der Waals surface area contributed by atoms with E-state index in [4.69, 9.17) is 4.42 Å². The number of fused-ring (bicyclic) bond motifs is 1. The van der Waals surface area contributed by atoms with Crippen LogP contribution in [0.15, 0.2) is 63.4 Å². The zero-order chi connectivity index (χ0) is 19.8. The number of aromatic nitrogens is 3. The second-order valence-electron chi connectivity index (χ2n) is 6.96. The predicted molar refractivity (Wildman–Crippen MR) is 110 cm³/mol. The van der Waals surface area contributed by atoms with E-state index in [1.807, 2.05) is 29.6 Å². The Balaban J connectivity index is 1.44. The van der Waals surface area contributed by atoms with E-state index < -0.39 is 10.0 Å². The van der Waals surface area contributed by atoms with E-state index in [2.05, 4.69) is 15.2 Å². The smallest absolute Gasteiger partial charge is 0.257 e. The van der Waals surface area contributed by atoms with Crippen LogP contribution in [0.2, 0.25) is 0 Å². The molecule has 1 saturated heterocycles. The molecular formula is C20H18N4O3S2. The Morgan fingerprint density at radius 3 is 2.86 bits per heavy atom. The van der Waals surface area contributed by atoms with Crippen LogP contribution in [0.1, 0.15) is 24.7 Å². The number of sulfonamides is 1. The topological polar surface area (TPSA) is 89.2 Å². The van der Waals surface area contributed by atoms with E-state index in [-0.39, 0.29) is 10.8 Å². The number of hydrogen-bond acceptors (Lipinski definition) is 7. The SMILES string of the molecule is O=S(=O)(c1cccc2cccnc12)N1CCCC(c2nnc(-c3cccs3)o2)C1. The lowest BCUT2D eigenvalue weighted by Crippen LogP contribution is -2.39.